The van der Waals surface area contributed by atoms with Gasteiger partial charge in [-0.2, -0.15) is 0 Å². The number of fused-ring (bicyclic) bond motifs is 1. The Morgan fingerprint density at radius 3 is 2.20 bits per heavy atom. The second-order valence-electron chi connectivity index (χ2n) is 12.5. The second-order valence-corrected chi connectivity index (χ2v) is 12.5. The minimum atomic E-state index is -0.766. The fourth-order valence-corrected chi connectivity index (χ4v) is 5.96. The molecular weight excluding hydrogens is 508 g/mol. The molecule has 0 radical (unpaired) electrons. The molecule has 1 aliphatic carbocycles. The SMILES string of the molecule is CC(=O)CC(=O)C(CO)C(CCO)CC1CC(=O)c2c(O)c(C(C)(C)C)cc(-c3ccc(C(C)C)cc3)c2C1.O.[HH].[HH]. The van der Waals surface area contributed by atoms with E-state index in [4.69, 9.17) is 0 Å². The normalized spacial score (nSPS) is 16.7. The van der Waals surface area contributed by atoms with Gasteiger partial charge in [0.1, 0.15) is 17.3 Å². The molecule has 0 aromatic heterocycles. The summed E-state index contributed by atoms with van der Waals surface area (Å²) in [7, 11) is 0. The zero-order chi connectivity index (χ0) is 29.1. The van der Waals surface area contributed by atoms with Crippen LogP contribution in [0.4, 0.5) is 0 Å². The summed E-state index contributed by atoms with van der Waals surface area (Å²) in [6.45, 7) is 11.1. The van der Waals surface area contributed by atoms with Crippen molar-refractivity contribution in [1.82, 2.24) is 0 Å². The number of carbonyl (C=O) groups is 3. The predicted molar refractivity (Wildman–Crippen MR) is 161 cm³/mol. The van der Waals surface area contributed by atoms with Crippen LogP contribution in [-0.2, 0) is 21.4 Å². The van der Waals surface area contributed by atoms with E-state index in [1.807, 2.05) is 26.8 Å². The lowest BCUT2D eigenvalue weighted by molar-refractivity contribution is -0.131. The molecule has 3 rings (SSSR count). The number of rotatable bonds is 11. The van der Waals surface area contributed by atoms with E-state index in [9.17, 15) is 29.7 Å². The van der Waals surface area contributed by atoms with Gasteiger partial charge in [-0.1, -0.05) is 58.9 Å². The number of hydrogen-bond acceptors (Lipinski definition) is 6. The van der Waals surface area contributed by atoms with Crippen molar-refractivity contribution in [2.45, 2.75) is 85.0 Å². The first kappa shape index (κ1) is 33.3. The molecule has 0 aliphatic heterocycles. The highest BCUT2D eigenvalue weighted by Crippen LogP contribution is 2.45. The summed E-state index contributed by atoms with van der Waals surface area (Å²) in [5.41, 5.74) is 4.65. The molecule has 5 N–H and O–H groups in total. The lowest BCUT2D eigenvalue weighted by Crippen LogP contribution is -2.32. The first-order chi connectivity index (χ1) is 18.3. The molecular formula is C33H50O7. The Hall–Kier alpha value is -2.87. The van der Waals surface area contributed by atoms with Gasteiger partial charge in [-0.15, -0.1) is 0 Å². The average molecular weight is 559 g/mol. The molecule has 0 amide bonds. The van der Waals surface area contributed by atoms with E-state index in [1.165, 1.54) is 12.5 Å². The van der Waals surface area contributed by atoms with Crippen LogP contribution in [0.25, 0.3) is 11.1 Å². The van der Waals surface area contributed by atoms with Gasteiger partial charge < -0.3 is 20.8 Å². The van der Waals surface area contributed by atoms with Crippen LogP contribution in [0.5, 0.6) is 5.75 Å². The first-order valence-electron chi connectivity index (χ1n) is 14.0. The number of carbonyl (C=O) groups excluding carboxylic acids is 3. The van der Waals surface area contributed by atoms with Crippen LogP contribution >= 0.6 is 0 Å². The van der Waals surface area contributed by atoms with Gasteiger partial charge in [0.05, 0.1) is 18.6 Å². The molecule has 3 atom stereocenters. The molecule has 3 unspecified atom stereocenters. The quantitative estimate of drug-likeness (QED) is 0.313. The Morgan fingerprint density at radius 2 is 1.70 bits per heavy atom. The minimum absolute atomic E-state index is 0. The number of aliphatic hydroxyl groups is 2. The summed E-state index contributed by atoms with van der Waals surface area (Å²) >= 11 is 0. The monoisotopic (exact) mass is 558 g/mol. The largest absolute Gasteiger partial charge is 0.507 e. The zero-order valence-corrected chi connectivity index (χ0v) is 24.7. The van der Waals surface area contributed by atoms with Gasteiger partial charge in [-0.3, -0.25) is 14.4 Å². The summed E-state index contributed by atoms with van der Waals surface area (Å²) in [4.78, 5) is 37.9. The maximum absolute atomic E-state index is 13.6. The molecule has 2 aromatic rings. The smallest absolute Gasteiger partial charge is 0.167 e. The van der Waals surface area contributed by atoms with Crippen molar-refractivity contribution in [1.29, 1.82) is 0 Å². The Kier molecular flexibility index (Phi) is 11.4. The van der Waals surface area contributed by atoms with Gasteiger partial charge in [0.25, 0.3) is 0 Å². The van der Waals surface area contributed by atoms with Crippen molar-refractivity contribution in [3.05, 3.63) is 52.6 Å². The van der Waals surface area contributed by atoms with Gasteiger partial charge in [-0.05, 0) is 77.7 Å². The second kappa shape index (κ2) is 13.7. The van der Waals surface area contributed by atoms with Crippen molar-refractivity contribution >= 4 is 17.3 Å². The van der Waals surface area contributed by atoms with E-state index in [2.05, 4.69) is 38.1 Å². The van der Waals surface area contributed by atoms with Gasteiger partial charge in [0, 0.05) is 27.4 Å². The fraction of sp³-hybridized carbons (Fsp3) is 0.545. The van der Waals surface area contributed by atoms with E-state index in [0.29, 0.717) is 30.7 Å². The average Bonchev–Trinajstić information content (AvgIpc) is 2.83. The highest BCUT2D eigenvalue weighted by molar-refractivity contribution is 6.04. The number of ketones is 3. The Morgan fingerprint density at radius 1 is 1.07 bits per heavy atom. The predicted octanol–water partition coefficient (Wildman–Crippen LogP) is 5.44. The van der Waals surface area contributed by atoms with E-state index < -0.39 is 12.5 Å². The molecule has 0 spiro atoms. The molecule has 0 bridgehead atoms. The number of Topliss-reactive ketones (excluding diaryl/α,β-unsaturated/α-hetero) is 3. The van der Waals surface area contributed by atoms with E-state index in [0.717, 1.165) is 22.3 Å². The Balaban J connectivity index is 0.00000560. The van der Waals surface area contributed by atoms with Crippen LogP contribution in [0.3, 0.4) is 0 Å². The molecule has 40 heavy (non-hydrogen) atoms. The van der Waals surface area contributed by atoms with Crippen LogP contribution in [-0.4, -0.2) is 51.4 Å². The molecule has 0 fully saturated rings. The van der Waals surface area contributed by atoms with Gasteiger partial charge in [0.15, 0.2) is 5.78 Å². The molecule has 0 heterocycles. The summed E-state index contributed by atoms with van der Waals surface area (Å²) in [6.07, 6.45) is 1.24. The fourth-order valence-electron chi connectivity index (χ4n) is 5.96. The highest BCUT2D eigenvalue weighted by atomic mass is 16.3. The third-order valence-electron chi connectivity index (χ3n) is 8.09. The number of phenols is 1. The van der Waals surface area contributed by atoms with Gasteiger partial charge >= 0.3 is 0 Å². The number of phenolic OH excluding ortho intramolecular Hbond substituents is 1. The number of benzene rings is 2. The molecule has 2 aromatic carbocycles. The van der Waals surface area contributed by atoms with Crippen LogP contribution in [0.1, 0.15) is 103 Å². The van der Waals surface area contributed by atoms with Crippen LogP contribution in [0.2, 0.25) is 0 Å². The number of aliphatic hydroxyl groups excluding tert-OH is 2. The molecule has 7 nitrogen and oxygen atoms in total. The molecule has 224 valence electrons. The summed E-state index contributed by atoms with van der Waals surface area (Å²) in [5.74, 6) is -1.55. The topological polar surface area (TPSA) is 143 Å². The standard InChI is InChI=1S/C33H44O6.H2O.2H2/c1-19(2)22-7-9-23(10-8-22)25-17-28(33(4,5)6)32(39)31-26(25)15-21(16-30(31)38)14-24(11-12-34)27(18-35)29(37)13-20(3)36;;;/h7-10,17,19,21,24,27,34-35,39H,11-16,18H2,1-6H3;1H2;2*1H. The number of hydrogen-bond donors (Lipinski definition) is 3. The van der Waals surface area contributed by atoms with Gasteiger partial charge in [-0.25, -0.2) is 0 Å². The molecule has 0 saturated carbocycles. The van der Waals surface area contributed by atoms with Crippen molar-refractivity contribution in [2.24, 2.45) is 17.8 Å². The van der Waals surface area contributed by atoms with E-state index in [1.54, 1.807) is 0 Å². The zero-order valence-electron chi connectivity index (χ0n) is 24.7. The van der Waals surface area contributed by atoms with Crippen molar-refractivity contribution in [3.63, 3.8) is 0 Å². The highest BCUT2D eigenvalue weighted by Gasteiger charge is 2.37. The van der Waals surface area contributed by atoms with Crippen molar-refractivity contribution in [3.8, 4) is 16.9 Å². The summed E-state index contributed by atoms with van der Waals surface area (Å²) < 4.78 is 0. The maximum Gasteiger partial charge on any atom is 0.167 e. The number of aromatic hydroxyl groups is 1. The van der Waals surface area contributed by atoms with E-state index in [-0.39, 0.29) is 68.1 Å². The van der Waals surface area contributed by atoms with Crippen LogP contribution < -0.4 is 0 Å². The third kappa shape index (κ3) is 7.45. The molecule has 7 heteroatoms. The van der Waals surface area contributed by atoms with E-state index >= 15 is 0 Å². The summed E-state index contributed by atoms with van der Waals surface area (Å²) in [6, 6.07) is 10.3. The van der Waals surface area contributed by atoms with Crippen LogP contribution in [0.15, 0.2) is 30.3 Å². The Bertz CT molecular complexity index is 1220. The molecule has 0 saturated heterocycles. The van der Waals surface area contributed by atoms with Crippen molar-refractivity contribution < 1.29 is 38.0 Å². The molecule has 1 aliphatic rings. The third-order valence-corrected chi connectivity index (χ3v) is 8.09. The first-order valence-corrected chi connectivity index (χ1v) is 14.0. The Labute approximate surface area is 240 Å². The van der Waals surface area contributed by atoms with Gasteiger partial charge in [0.2, 0.25) is 0 Å². The maximum atomic E-state index is 13.6. The summed E-state index contributed by atoms with van der Waals surface area (Å²) in [5, 5.41) is 31.1. The lowest BCUT2D eigenvalue weighted by Gasteiger charge is -2.33. The lowest BCUT2D eigenvalue weighted by atomic mass is 9.71. The van der Waals surface area contributed by atoms with Crippen molar-refractivity contribution in [2.75, 3.05) is 13.2 Å². The van der Waals surface area contributed by atoms with Crippen LogP contribution in [0, 0.1) is 17.8 Å². The minimum Gasteiger partial charge on any atom is -0.507 e.